The van der Waals surface area contributed by atoms with E-state index in [9.17, 15) is 5.11 Å². The summed E-state index contributed by atoms with van der Waals surface area (Å²) in [6, 6.07) is 1.75. The second-order valence-corrected chi connectivity index (χ2v) is 3.31. The van der Waals surface area contributed by atoms with Crippen LogP contribution in [0.4, 0.5) is 0 Å². The zero-order valence-corrected chi connectivity index (χ0v) is 8.69. The number of pyridine rings is 1. The molecule has 3 nitrogen and oxygen atoms in total. The van der Waals surface area contributed by atoms with E-state index >= 15 is 0 Å². The van der Waals surface area contributed by atoms with Crippen LogP contribution >= 0.6 is 0 Å². The van der Waals surface area contributed by atoms with Crippen molar-refractivity contribution in [2.75, 3.05) is 7.11 Å². The van der Waals surface area contributed by atoms with Gasteiger partial charge in [0.2, 0.25) is 0 Å². The van der Waals surface area contributed by atoms with Gasteiger partial charge in [-0.25, -0.2) is 0 Å². The maximum atomic E-state index is 9.82. The van der Waals surface area contributed by atoms with Gasteiger partial charge in [0.25, 0.3) is 0 Å². The minimum Gasteiger partial charge on any atom is -0.495 e. The van der Waals surface area contributed by atoms with E-state index in [0.29, 0.717) is 5.75 Å². The summed E-state index contributed by atoms with van der Waals surface area (Å²) in [5, 5.41) is 9.82. The van der Waals surface area contributed by atoms with Gasteiger partial charge in [-0.2, -0.15) is 0 Å². The van der Waals surface area contributed by atoms with E-state index in [0.717, 1.165) is 11.1 Å². The third-order valence-corrected chi connectivity index (χ3v) is 1.85. The van der Waals surface area contributed by atoms with Crippen molar-refractivity contribution in [1.82, 2.24) is 4.98 Å². The number of aromatic nitrogens is 1. The predicted molar refractivity (Wildman–Crippen MR) is 55.2 cm³/mol. The van der Waals surface area contributed by atoms with Gasteiger partial charge in [-0.15, -0.1) is 0 Å². The topological polar surface area (TPSA) is 42.4 Å². The van der Waals surface area contributed by atoms with Crippen molar-refractivity contribution in [3.63, 3.8) is 0 Å². The van der Waals surface area contributed by atoms with Gasteiger partial charge in [0, 0.05) is 11.8 Å². The first-order chi connectivity index (χ1) is 6.65. The lowest BCUT2D eigenvalue weighted by atomic mass is 10.1. The molecule has 1 heterocycles. The highest BCUT2D eigenvalue weighted by Gasteiger charge is 2.09. The molecule has 0 aliphatic heterocycles. The molecule has 0 fully saturated rings. The molecular formula is C11H15NO2. The molecule has 14 heavy (non-hydrogen) atoms. The Labute approximate surface area is 84.1 Å². The zero-order valence-electron chi connectivity index (χ0n) is 8.69. The molecule has 76 valence electrons. The van der Waals surface area contributed by atoms with Crippen molar-refractivity contribution in [3.8, 4) is 5.75 Å². The summed E-state index contributed by atoms with van der Waals surface area (Å²) >= 11 is 0. The van der Waals surface area contributed by atoms with Crippen molar-refractivity contribution < 1.29 is 9.84 Å². The minimum absolute atomic E-state index is 0.609. The lowest BCUT2D eigenvalue weighted by molar-refractivity contribution is 0.221. The summed E-state index contributed by atoms with van der Waals surface area (Å²) < 4.78 is 5.10. The average Bonchev–Trinajstić information content (AvgIpc) is 2.16. The van der Waals surface area contributed by atoms with Crippen LogP contribution in [0.15, 0.2) is 30.1 Å². The van der Waals surface area contributed by atoms with Crippen LogP contribution in [-0.2, 0) is 0 Å². The molecule has 1 aromatic heterocycles. The number of allylic oxidation sites excluding steroid dienone is 1. The van der Waals surface area contributed by atoms with Crippen molar-refractivity contribution in [1.29, 1.82) is 0 Å². The molecule has 0 saturated heterocycles. The monoisotopic (exact) mass is 193 g/mol. The highest BCUT2D eigenvalue weighted by molar-refractivity contribution is 5.34. The Bertz CT molecular complexity index is 330. The summed E-state index contributed by atoms with van der Waals surface area (Å²) in [5.41, 5.74) is 1.81. The minimum atomic E-state index is -0.627. The highest BCUT2D eigenvalue weighted by Crippen LogP contribution is 2.24. The predicted octanol–water partition coefficient (Wildman–Crippen LogP) is 2.09. The van der Waals surface area contributed by atoms with Crippen molar-refractivity contribution >= 4 is 0 Å². The Balaban J connectivity index is 2.99. The van der Waals surface area contributed by atoms with Gasteiger partial charge in [-0.05, 0) is 19.9 Å². The maximum absolute atomic E-state index is 9.82. The fourth-order valence-electron chi connectivity index (χ4n) is 1.21. The molecule has 0 aromatic carbocycles. The third-order valence-electron chi connectivity index (χ3n) is 1.85. The van der Waals surface area contributed by atoms with Gasteiger partial charge in [0.1, 0.15) is 11.9 Å². The summed E-state index contributed by atoms with van der Waals surface area (Å²) in [6.45, 7) is 3.88. The molecule has 1 unspecified atom stereocenters. The van der Waals surface area contributed by atoms with Crippen molar-refractivity contribution in [3.05, 3.63) is 35.7 Å². The Kier molecular flexibility index (Phi) is 3.65. The molecule has 1 aromatic rings. The molecule has 1 rings (SSSR count). The van der Waals surface area contributed by atoms with E-state index in [4.69, 9.17) is 4.74 Å². The molecule has 0 aliphatic carbocycles. The van der Waals surface area contributed by atoms with Crippen LogP contribution in [-0.4, -0.2) is 17.2 Å². The number of hydrogen-bond donors (Lipinski definition) is 1. The highest BCUT2D eigenvalue weighted by atomic mass is 16.5. The standard InChI is InChI=1S/C11H15NO2/c1-8(2)6-10(13)9-4-5-12-7-11(9)14-3/h4-7,10,13H,1-3H3. The van der Waals surface area contributed by atoms with Crippen LogP contribution in [0.2, 0.25) is 0 Å². The van der Waals surface area contributed by atoms with E-state index < -0.39 is 6.10 Å². The lowest BCUT2D eigenvalue weighted by Gasteiger charge is -2.10. The van der Waals surface area contributed by atoms with Crippen molar-refractivity contribution in [2.24, 2.45) is 0 Å². The Morgan fingerprint density at radius 2 is 2.29 bits per heavy atom. The van der Waals surface area contributed by atoms with Crippen LogP contribution in [0.5, 0.6) is 5.75 Å². The van der Waals surface area contributed by atoms with Crippen molar-refractivity contribution in [2.45, 2.75) is 20.0 Å². The average molecular weight is 193 g/mol. The van der Waals surface area contributed by atoms with Gasteiger partial charge in [-0.3, -0.25) is 4.98 Å². The first kappa shape index (κ1) is 10.7. The second-order valence-electron chi connectivity index (χ2n) is 3.31. The number of aliphatic hydroxyl groups is 1. The zero-order chi connectivity index (χ0) is 10.6. The first-order valence-corrected chi connectivity index (χ1v) is 4.46. The smallest absolute Gasteiger partial charge is 0.143 e. The second kappa shape index (κ2) is 4.77. The van der Waals surface area contributed by atoms with E-state index in [1.165, 1.54) is 0 Å². The molecule has 1 N–H and O–H groups in total. The molecule has 0 aliphatic rings. The van der Waals surface area contributed by atoms with E-state index in [2.05, 4.69) is 4.98 Å². The largest absolute Gasteiger partial charge is 0.495 e. The van der Waals surface area contributed by atoms with Crippen LogP contribution in [0, 0.1) is 0 Å². The van der Waals surface area contributed by atoms with Crippen LogP contribution < -0.4 is 4.74 Å². The molecule has 0 saturated carbocycles. The number of hydrogen-bond acceptors (Lipinski definition) is 3. The number of nitrogens with zero attached hydrogens (tertiary/aromatic N) is 1. The summed E-state index contributed by atoms with van der Waals surface area (Å²) in [4.78, 5) is 3.92. The molecule has 0 radical (unpaired) electrons. The molecule has 0 bridgehead atoms. The van der Waals surface area contributed by atoms with Crippen LogP contribution in [0.25, 0.3) is 0 Å². The van der Waals surface area contributed by atoms with Gasteiger partial charge < -0.3 is 9.84 Å². The Hall–Kier alpha value is -1.35. The molecule has 0 amide bonds. The van der Waals surface area contributed by atoms with E-state index in [1.807, 2.05) is 13.8 Å². The van der Waals surface area contributed by atoms with Gasteiger partial charge >= 0.3 is 0 Å². The lowest BCUT2D eigenvalue weighted by Crippen LogP contribution is -1.98. The first-order valence-electron chi connectivity index (χ1n) is 4.46. The molecular weight excluding hydrogens is 178 g/mol. The number of methoxy groups -OCH3 is 1. The molecule has 3 heteroatoms. The van der Waals surface area contributed by atoms with E-state index in [-0.39, 0.29) is 0 Å². The number of aliphatic hydroxyl groups excluding tert-OH is 1. The Morgan fingerprint density at radius 1 is 1.57 bits per heavy atom. The summed E-state index contributed by atoms with van der Waals surface area (Å²) in [6.07, 6.45) is 4.38. The number of rotatable bonds is 3. The number of ether oxygens (including phenoxy) is 1. The fourth-order valence-corrected chi connectivity index (χ4v) is 1.21. The molecule has 0 spiro atoms. The van der Waals surface area contributed by atoms with Gasteiger partial charge in [0.05, 0.1) is 13.3 Å². The molecule has 1 atom stereocenters. The summed E-state index contributed by atoms with van der Waals surface area (Å²) in [7, 11) is 1.57. The Morgan fingerprint density at radius 3 is 2.86 bits per heavy atom. The third kappa shape index (κ3) is 2.57. The van der Waals surface area contributed by atoms with Crippen LogP contribution in [0.3, 0.4) is 0 Å². The maximum Gasteiger partial charge on any atom is 0.143 e. The van der Waals surface area contributed by atoms with Gasteiger partial charge in [0.15, 0.2) is 0 Å². The van der Waals surface area contributed by atoms with Crippen LogP contribution in [0.1, 0.15) is 25.5 Å². The SMILES string of the molecule is COc1cnccc1C(O)C=C(C)C. The summed E-state index contributed by atoms with van der Waals surface area (Å²) in [5.74, 6) is 0.609. The normalized spacial score (nSPS) is 12.0. The van der Waals surface area contributed by atoms with E-state index in [1.54, 1.807) is 31.6 Å². The quantitative estimate of drug-likeness (QED) is 0.747. The van der Waals surface area contributed by atoms with Gasteiger partial charge in [-0.1, -0.05) is 11.6 Å². The fraction of sp³-hybridized carbons (Fsp3) is 0.364.